The lowest BCUT2D eigenvalue weighted by Gasteiger charge is -2.32. The Morgan fingerprint density at radius 3 is 2.95 bits per heavy atom. The number of rotatable bonds is 2. The normalized spacial score (nSPS) is 18.3. The molecule has 0 saturated carbocycles. The Labute approximate surface area is 128 Å². The SMILES string of the molecule is Cc1cnn([C@@H]2CCCN(C(=O)Nc3ccc(F)cn3)C2)c1. The Balaban J connectivity index is 1.63. The highest BCUT2D eigenvalue weighted by Gasteiger charge is 2.25. The number of likely N-dealkylation sites (tertiary alicyclic amines) is 1. The number of aromatic nitrogens is 3. The van der Waals surface area contributed by atoms with Gasteiger partial charge < -0.3 is 4.90 Å². The van der Waals surface area contributed by atoms with Crippen molar-refractivity contribution < 1.29 is 9.18 Å². The molecule has 1 atom stereocenters. The lowest BCUT2D eigenvalue weighted by Crippen LogP contribution is -2.43. The number of halogens is 1. The molecule has 0 spiro atoms. The monoisotopic (exact) mass is 303 g/mol. The maximum absolute atomic E-state index is 12.8. The summed E-state index contributed by atoms with van der Waals surface area (Å²) in [6.07, 6.45) is 6.82. The number of amides is 2. The van der Waals surface area contributed by atoms with Crippen LogP contribution >= 0.6 is 0 Å². The van der Waals surface area contributed by atoms with Crippen LogP contribution in [0.4, 0.5) is 15.0 Å². The molecule has 2 amide bonds. The van der Waals surface area contributed by atoms with E-state index in [9.17, 15) is 9.18 Å². The summed E-state index contributed by atoms with van der Waals surface area (Å²) >= 11 is 0. The van der Waals surface area contributed by atoms with Crippen LogP contribution in [0.3, 0.4) is 0 Å². The fraction of sp³-hybridized carbons (Fsp3) is 0.400. The molecule has 0 unspecified atom stereocenters. The Bertz CT molecular complexity index is 654. The molecule has 0 aromatic carbocycles. The quantitative estimate of drug-likeness (QED) is 0.927. The van der Waals surface area contributed by atoms with Crippen molar-refractivity contribution in [3.63, 3.8) is 0 Å². The van der Waals surface area contributed by atoms with Gasteiger partial charge in [0.15, 0.2) is 0 Å². The molecule has 7 heteroatoms. The van der Waals surface area contributed by atoms with Crippen LogP contribution in [-0.2, 0) is 0 Å². The molecular formula is C15H18FN5O. The highest BCUT2D eigenvalue weighted by molar-refractivity contribution is 5.88. The lowest BCUT2D eigenvalue weighted by molar-refractivity contribution is 0.174. The van der Waals surface area contributed by atoms with E-state index >= 15 is 0 Å². The topological polar surface area (TPSA) is 63.1 Å². The molecule has 0 aliphatic carbocycles. The Morgan fingerprint density at radius 1 is 1.41 bits per heavy atom. The molecular weight excluding hydrogens is 285 g/mol. The fourth-order valence-electron chi connectivity index (χ4n) is 2.63. The summed E-state index contributed by atoms with van der Waals surface area (Å²) in [5.74, 6) is -0.0754. The van der Waals surface area contributed by atoms with Crippen molar-refractivity contribution in [3.05, 3.63) is 42.1 Å². The van der Waals surface area contributed by atoms with E-state index < -0.39 is 5.82 Å². The van der Waals surface area contributed by atoms with Crippen LogP contribution in [0.1, 0.15) is 24.4 Å². The first-order valence-corrected chi connectivity index (χ1v) is 7.30. The summed E-state index contributed by atoms with van der Waals surface area (Å²) in [4.78, 5) is 17.9. The molecule has 1 aliphatic heterocycles. The van der Waals surface area contributed by atoms with Crippen molar-refractivity contribution >= 4 is 11.8 Å². The summed E-state index contributed by atoms with van der Waals surface area (Å²) in [6, 6.07) is 2.70. The molecule has 2 aromatic rings. The minimum absolute atomic E-state index is 0.189. The third kappa shape index (κ3) is 3.24. The van der Waals surface area contributed by atoms with Gasteiger partial charge in [0, 0.05) is 19.3 Å². The smallest absolute Gasteiger partial charge is 0.322 e. The second kappa shape index (κ2) is 6.13. The van der Waals surface area contributed by atoms with Gasteiger partial charge in [0.25, 0.3) is 0 Å². The average Bonchev–Trinajstić information content (AvgIpc) is 2.96. The van der Waals surface area contributed by atoms with Gasteiger partial charge in [0.2, 0.25) is 0 Å². The molecule has 3 heterocycles. The number of piperidine rings is 1. The molecule has 0 radical (unpaired) electrons. The van der Waals surface area contributed by atoms with Gasteiger partial charge in [-0.25, -0.2) is 14.2 Å². The highest BCUT2D eigenvalue weighted by atomic mass is 19.1. The van der Waals surface area contributed by atoms with E-state index in [1.807, 2.05) is 24.0 Å². The van der Waals surface area contributed by atoms with E-state index in [1.54, 1.807) is 4.90 Å². The second-order valence-corrected chi connectivity index (χ2v) is 5.53. The van der Waals surface area contributed by atoms with Crippen LogP contribution in [0, 0.1) is 12.7 Å². The van der Waals surface area contributed by atoms with Crippen LogP contribution < -0.4 is 5.32 Å². The van der Waals surface area contributed by atoms with E-state index in [2.05, 4.69) is 15.4 Å². The van der Waals surface area contributed by atoms with Crippen molar-refractivity contribution in [2.24, 2.45) is 0 Å². The molecule has 1 saturated heterocycles. The van der Waals surface area contributed by atoms with Gasteiger partial charge >= 0.3 is 6.03 Å². The van der Waals surface area contributed by atoms with Crippen LogP contribution in [-0.4, -0.2) is 38.8 Å². The van der Waals surface area contributed by atoms with E-state index in [0.717, 1.165) is 24.6 Å². The van der Waals surface area contributed by atoms with Crippen molar-refractivity contribution in [3.8, 4) is 0 Å². The van der Waals surface area contributed by atoms with Crippen LogP contribution in [0.2, 0.25) is 0 Å². The second-order valence-electron chi connectivity index (χ2n) is 5.53. The summed E-state index contributed by atoms with van der Waals surface area (Å²) < 4.78 is 14.7. The van der Waals surface area contributed by atoms with E-state index in [0.29, 0.717) is 18.9 Å². The molecule has 3 rings (SSSR count). The first-order valence-electron chi connectivity index (χ1n) is 7.30. The minimum atomic E-state index is -0.426. The highest BCUT2D eigenvalue weighted by Crippen LogP contribution is 2.21. The van der Waals surface area contributed by atoms with E-state index in [-0.39, 0.29) is 12.1 Å². The molecule has 2 aromatic heterocycles. The molecule has 1 N–H and O–H groups in total. The van der Waals surface area contributed by atoms with E-state index in [1.165, 1.54) is 12.1 Å². The molecule has 22 heavy (non-hydrogen) atoms. The molecule has 6 nitrogen and oxygen atoms in total. The maximum Gasteiger partial charge on any atom is 0.323 e. The zero-order valence-corrected chi connectivity index (χ0v) is 12.4. The number of pyridine rings is 1. The van der Waals surface area contributed by atoms with Gasteiger partial charge in [-0.05, 0) is 37.5 Å². The number of aryl methyl sites for hydroxylation is 1. The number of urea groups is 1. The maximum atomic E-state index is 12.8. The summed E-state index contributed by atoms with van der Waals surface area (Å²) in [5, 5.41) is 7.03. The van der Waals surface area contributed by atoms with Crippen molar-refractivity contribution in [2.45, 2.75) is 25.8 Å². The van der Waals surface area contributed by atoms with Gasteiger partial charge in [-0.15, -0.1) is 0 Å². The predicted octanol–water partition coefficient (Wildman–Crippen LogP) is 2.59. The Kier molecular flexibility index (Phi) is 4.04. The summed E-state index contributed by atoms with van der Waals surface area (Å²) in [6.45, 7) is 3.30. The summed E-state index contributed by atoms with van der Waals surface area (Å²) in [5.41, 5.74) is 1.11. The number of nitrogens with one attached hydrogen (secondary N) is 1. The average molecular weight is 303 g/mol. The molecule has 1 fully saturated rings. The minimum Gasteiger partial charge on any atom is -0.322 e. The van der Waals surface area contributed by atoms with E-state index in [4.69, 9.17) is 0 Å². The molecule has 116 valence electrons. The lowest BCUT2D eigenvalue weighted by atomic mass is 10.1. The third-order valence-corrected chi connectivity index (χ3v) is 3.75. The van der Waals surface area contributed by atoms with Gasteiger partial charge in [-0.2, -0.15) is 5.10 Å². The van der Waals surface area contributed by atoms with Crippen LogP contribution in [0.5, 0.6) is 0 Å². The van der Waals surface area contributed by atoms with Gasteiger partial charge in [-0.3, -0.25) is 10.00 Å². The molecule has 0 bridgehead atoms. The van der Waals surface area contributed by atoms with Crippen molar-refractivity contribution in [2.75, 3.05) is 18.4 Å². The fourth-order valence-corrected chi connectivity index (χ4v) is 2.63. The Morgan fingerprint density at radius 2 is 2.27 bits per heavy atom. The van der Waals surface area contributed by atoms with Crippen molar-refractivity contribution in [1.29, 1.82) is 0 Å². The van der Waals surface area contributed by atoms with Crippen molar-refractivity contribution in [1.82, 2.24) is 19.7 Å². The van der Waals surface area contributed by atoms with Crippen LogP contribution in [0.15, 0.2) is 30.7 Å². The number of nitrogens with zero attached hydrogens (tertiary/aromatic N) is 4. The summed E-state index contributed by atoms with van der Waals surface area (Å²) in [7, 11) is 0. The zero-order chi connectivity index (χ0) is 15.5. The largest absolute Gasteiger partial charge is 0.323 e. The third-order valence-electron chi connectivity index (χ3n) is 3.75. The first kappa shape index (κ1) is 14.5. The number of anilines is 1. The van der Waals surface area contributed by atoms with Crippen LogP contribution in [0.25, 0.3) is 0 Å². The van der Waals surface area contributed by atoms with Gasteiger partial charge in [0.1, 0.15) is 11.6 Å². The standard InChI is InChI=1S/C15H18FN5O/c1-11-7-18-21(9-11)13-3-2-6-20(10-13)15(22)19-14-5-4-12(16)8-17-14/h4-5,7-9,13H,2-3,6,10H2,1H3,(H,17,19,22)/t13-/m1/s1. The number of hydrogen-bond acceptors (Lipinski definition) is 3. The number of carbonyl (C=O) groups excluding carboxylic acids is 1. The molecule has 1 aliphatic rings. The van der Waals surface area contributed by atoms with Gasteiger partial charge in [0.05, 0.1) is 18.4 Å². The number of hydrogen-bond donors (Lipinski definition) is 1. The van der Waals surface area contributed by atoms with Gasteiger partial charge in [-0.1, -0.05) is 0 Å². The first-order chi connectivity index (χ1) is 10.6. The zero-order valence-electron chi connectivity index (χ0n) is 12.4. The Hall–Kier alpha value is -2.44. The predicted molar refractivity (Wildman–Crippen MR) is 80.0 cm³/mol. The number of carbonyl (C=O) groups is 1.